The van der Waals surface area contributed by atoms with Gasteiger partial charge < -0.3 is 13.8 Å². The molecule has 18 heavy (non-hydrogen) atoms. The van der Waals surface area contributed by atoms with E-state index in [1.54, 1.807) is 0 Å². The molecule has 0 spiro atoms. The van der Waals surface area contributed by atoms with Crippen LogP contribution in [0.4, 0.5) is 0 Å². The Balaban J connectivity index is 4.94. The highest BCUT2D eigenvalue weighted by Gasteiger charge is 2.45. The van der Waals surface area contributed by atoms with Gasteiger partial charge in [0.1, 0.15) is 0 Å². The van der Waals surface area contributed by atoms with E-state index in [0.717, 1.165) is 34.2 Å². The smallest absolute Gasteiger partial charge is 0.351 e. The van der Waals surface area contributed by atoms with Gasteiger partial charge in [0.05, 0.1) is 7.11 Å². The van der Waals surface area contributed by atoms with Crippen molar-refractivity contribution in [1.82, 2.24) is 0 Å². The summed E-state index contributed by atoms with van der Waals surface area (Å²) >= 11 is 0. The zero-order valence-corrected chi connectivity index (χ0v) is 12.2. The first-order chi connectivity index (χ1) is 8.46. The molecule has 0 saturated heterocycles. The summed E-state index contributed by atoms with van der Waals surface area (Å²) in [5.41, 5.74) is -1.49. The predicted molar refractivity (Wildman–Crippen MR) is 66.6 cm³/mol. The van der Waals surface area contributed by atoms with Crippen molar-refractivity contribution in [2.75, 3.05) is 21.3 Å². The second kappa shape index (κ2) is 8.40. The molecule has 6 nitrogen and oxygen atoms in total. The standard InChI is InChI=1S/C11H21O6P/c1-5-6-7-8-9(12)10(11(13)15-2)18(14,16-3)17-4/h10H,5-8H2,1-4H3. The van der Waals surface area contributed by atoms with Gasteiger partial charge in [-0.1, -0.05) is 19.8 Å². The second-order valence-electron chi connectivity index (χ2n) is 3.75. The van der Waals surface area contributed by atoms with Crippen molar-refractivity contribution in [3.05, 3.63) is 0 Å². The fourth-order valence-electron chi connectivity index (χ4n) is 1.52. The molecule has 0 aromatic carbocycles. The largest absolute Gasteiger partial charge is 0.468 e. The molecule has 0 radical (unpaired) electrons. The maximum absolute atomic E-state index is 12.2. The highest BCUT2D eigenvalue weighted by molar-refractivity contribution is 7.57. The number of Topliss-reactive ketones (excluding diaryl/α,β-unsaturated/α-hetero) is 1. The monoisotopic (exact) mass is 280 g/mol. The minimum Gasteiger partial charge on any atom is -0.468 e. The lowest BCUT2D eigenvalue weighted by Crippen LogP contribution is -2.32. The van der Waals surface area contributed by atoms with Gasteiger partial charge in [0, 0.05) is 20.6 Å². The average molecular weight is 280 g/mol. The van der Waals surface area contributed by atoms with Crippen LogP contribution in [-0.4, -0.2) is 38.7 Å². The number of esters is 1. The zero-order valence-electron chi connectivity index (χ0n) is 11.3. The normalized spacial score (nSPS) is 13.1. The topological polar surface area (TPSA) is 78.9 Å². The highest BCUT2D eigenvalue weighted by atomic mass is 31.2. The van der Waals surface area contributed by atoms with Crippen LogP contribution >= 0.6 is 7.60 Å². The fourth-order valence-corrected chi connectivity index (χ4v) is 2.94. The molecule has 0 bridgehead atoms. The van der Waals surface area contributed by atoms with E-state index in [1.165, 1.54) is 0 Å². The molecule has 0 heterocycles. The van der Waals surface area contributed by atoms with Crippen molar-refractivity contribution in [1.29, 1.82) is 0 Å². The Morgan fingerprint density at radius 3 is 2.06 bits per heavy atom. The molecule has 0 rings (SSSR count). The number of rotatable bonds is 9. The van der Waals surface area contributed by atoms with Crippen LogP contribution in [0.2, 0.25) is 0 Å². The summed E-state index contributed by atoms with van der Waals surface area (Å²) in [5.74, 6) is -1.36. The van der Waals surface area contributed by atoms with Crippen molar-refractivity contribution in [2.24, 2.45) is 0 Å². The number of methoxy groups -OCH3 is 1. The predicted octanol–water partition coefficient (Wildman–Crippen LogP) is 2.16. The molecular weight excluding hydrogens is 259 g/mol. The van der Waals surface area contributed by atoms with E-state index in [4.69, 9.17) is 9.05 Å². The van der Waals surface area contributed by atoms with Gasteiger partial charge in [0.15, 0.2) is 5.78 Å². The summed E-state index contributed by atoms with van der Waals surface area (Å²) in [4.78, 5) is 23.5. The SMILES string of the molecule is CCCCCC(=O)C(C(=O)OC)P(=O)(OC)OC. The van der Waals surface area contributed by atoms with Crippen LogP contribution in [0.25, 0.3) is 0 Å². The van der Waals surface area contributed by atoms with E-state index >= 15 is 0 Å². The van der Waals surface area contributed by atoms with Crippen LogP contribution in [0.5, 0.6) is 0 Å². The van der Waals surface area contributed by atoms with Gasteiger partial charge in [-0.15, -0.1) is 0 Å². The third kappa shape index (κ3) is 4.52. The molecule has 0 saturated carbocycles. The van der Waals surface area contributed by atoms with Crippen LogP contribution in [0.3, 0.4) is 0 Å². The van der Waals surface area contributed by atoms with E-state index in [9.17, 15) is 14.2 Å². The first-order valence-corrected chi connectivity index (χ1v) is 7.39. The third-order valence-electron chi connectivity index (χ3n) is 2.58. The molecule has 0 aliphatic heterocycles. The summed E-state index contributed by atoms with van der Waals surface area (Å²) in [6.07, 6.45) is 2.60. The number of ketones is 1. The quantitative estimate of drug-likeness (QED) is 0.279. The molecule has 0 aromatic rings. The van der Waals surface area contributed by atoms with Crippen LogP contribution in [-0.2, 0) is 27.9 Å². The van der Waals surface area contributed by atoms with Crippen molar-refractivity contribution in [3.63, 3.8) is 0 Å². The first kappa shape index (κ1) is 17.3. The van der Waals surface area contributed by atoms with Crippen LogP contribution in [0, 0.1) is 0 Å². The van der Waals surface area contributed by atoms with Gasteiger partial charge in [0.25, 0.3) is 0 Å². The van der Waals surface area contributed by atoms with E-state index in [0.29, 0.717) is 6.42 Å². The zero-order chi connectivity index (χ0) is 14.2. The van der Waals surface area contributed by atoms with E-state index < -0.39 is 25.0 Å². The summed E-state index contributed by atoms with van der Waals surface area (Å²) in [7, 11) is -0.387. The van der Waals surface area contributed by atoms with Crippen molar-refractivity contribution >= 4 is 19.3 Å². The molecule has 0 aromatic heterocycles. The number of carbonyl (C=O) groups excluding carboxylic acids is 2. The summed E-state index contributed by atoms with van der Waals surface area (Å²) in [5, 5.41) is 0. The summed E-state index contributed by atoms with van der Waals surface area (Å²) in [6.45, 7) is 2.00. The number of hydrogen-bond donors (Lipinski definition) is 0. The summed E-state index contributed by atoms with van der Waals surface area (Å²) < 4.78 is 26.1. The maximum atomic E-state index is 12.2. The van der Waals surface area contributed by atoms with Crippen LogP contribution < -0.4 is 0 Å². The number of ether oxygens (including phenoxy) is 1. The molecule has 0 aliphatic rings. The fraction of sp³-hybridized carbons (Fsp3) is 0.818. The molecule has 1 unspecified atom stereocenters. The van der Waals surface area contributed by atoms with Crippen LogP contribution in [0.15, 0.2) is 0 Å². The van der Waals surface area contributed by atoms with E-state index in [-0.39, 0.29) is 6.42 Å². The Morgan fingerprint density at radius 2 is 1.67 bits per heavy atom. The maximum Gasteiger partial charge on any atom is 0.351 e. The van der Waals surface area contributed by atoms with Gasteiger partial charge in [-0.2, -0.15) is 0 Å². The van der Waals surface area contributed by atoms with Gasteiger partial charge in [-0.3, -0.25) is 14.2 Å². The van der Waals surface area contributed by atoms with E-state index in [2.05, 4.69) is 4.74 Å². The van der Waals surface area contributed by atoms with Gasteiger partial charge in [0.2, 0.25) is 5.66 Å². The molecule has 0 amide bonds. The van der Waals surface area contributed by atoms with Crippen LogP contribution in [0.1, 0.15) is 32.6 Å². The van der Waals surface area contributed by atoms with Crippen molar-refractivity contribution in [2.45, 2.75) is 38.3 Å². The molecule has 7 heteroatoms. The Bertz CT molecular complexity index is 319. The Kier molecular flexibility index (Phi) is 8.07. The lowest BCUT2D eigenvalue weighted by molar-refractivity contribution is -0.143. The number of hydrogen-bond acceptors (Lipinski definition) is 6. The first-order valence-electron chi connectivity index (χ1n) is 5.78. The van der Waals surface area contributed by atoms with E-state index in [1.807, 2.05) is 6.92 Å². The number of unbranched alkanes of at least 4 members (excludes halogenated alkanes) is 2. The average Bonchev–Trinajstić information content (AvgIpc) is 2.38. The molecule has 106 valence electrons. The minimum atomic E-state index is -3.79. The molecular formula is C11H21O6P. The van der Waals surface area contributed by atoms with Gasteiger partial charge in [-0.05, 0) is 6.42 Å². The molecule has 0 aliphatic carbocycles. The molecule has 0 N–H and O–H groups in total. The number of carbonyl (C=O) groups is 2. The molecule has 0 fully saturated rings. The lowest BCUT2D eigenvalue weighted by Gasteiger charge is -2.21. The Hall–Kier alpha value is -0.710. The Labute approximate surface area is 108 Å². The second-order valence-corrected chi connectivity index (χ2v) is 6.08. The lowest BCUT2D eigenvalue weighted by atomic mass is 10.1. The van der Waals surface area contributed by atoms with Gasteiger partial charge >= 0.3 is 13.6 Å². The molecule has 1 atom stereocenters. The van der Waals surface area contributed by atoms with Crippen molar-refractivity contribution < 1.29 is 27.9 Å². The van der Waals surface area contributed by atoms with Gasteiger partial charge in [-0.25, -0.2) is 0 Å². The summed E-state index contributed by atoms with van der Waals surface area (Å²) in [6, 6.07) is 0. The highest BCUT2D eigenvalue weighted by Crippen LogP contribution is 2.52. The minimum absolute atomic E-state index is 0.157. The Morgan fingerprint density at radius 1 is 1.11 bits per heavy atom. The third-order valence-corrected chi connectivity index (χ3v) is 4.73. The van der Waals surface area contributed by atoms with Crippen molar-refractivity contribution in [3.8, 4) is 0 Å².